The first-order chi connectivity index (χ1) is 14.6. The second-order valence-electron chi connectivity index (χ2n) is 7.19. The van der Waals surface area contributed by atoms with E-state index < -0.39 is 5.97 Å². The van der Waals surface area contributed by atoms with Crippen LogP contribution >= 0.6 is 15.9 Å². The smallest absolute Gasteiger partial charge is 0.344 e. The molecule has 2 aromatic carbocycles. The van der Waals surface area contributed by atoms with E-state index in [1.54, 1.807) is 4.57 Å². The number of rotatable bonds is 4. The molecule has 4 aromatic rings. The lowest BCUT2D eigenvalue weighted by Gasteiger charge is -2.10. The first kappa shape index (κ1) is 19.0. The van der Waals surface area contributed by atoms with Crippen molar-refractivity contribution in [2.45, 2.75) is 18.9 Å². The molecule has 7 nitrogen and oxygen atoms in total. The fourth-order valence-corrected chi connectivity index (χ4v) is 4.14. The third kappa shape index (κ3) is 3.32. The van der Waals surface area contributed by atoms with Gasteiger partial charge in [0.1, 0.15) is 23.5 Å². The fraction of sp³-hybridized carbons (Fsp3) is 0.227. The first-order valence-corrected chi connectivity index (χ1v) is 10.5. The molecule has 30 heavy (non-hydrogen) atoms. The molecule has 1 saturated heterocycles. The average molecular weight is 467 g/mol. The fourth-order valence-electron chi connectivity index (χ4n) is 3.76. The molecule has 1 unspecified atom stereocenters. The van der Waals surface area contributed by atoms with Gasteiger partial charge < -0.3 is 15.2 Å². The van der Waals surface area contributed by atoms with Crippen molar-refractivity contribution in [2.75, 3.05) is 18.9 Å². The largest absolute Gasteiger partial charge is 0.459 e. The van der Waals surface area contributed by atoms with Crippen molar-refractivity contribution in [1.29, 1.82) is 0 Å². The number of benzene rings is 2. The Morgan fingerprint density at radius 2 is 2.00 bits per heavy atom. The van der Waals surface area contributed by atoms with Gasteiger partial charge in [0.25, 0.3) is 0 Å². The van der Waals surface area contributed by atoms with Crippen molar-refractivity contribution in [3.8, 4) is 5.69 Å². The minimum Gasteiger partial charge on any atom is -0.459 e. The highest BCUT2D eigenvalue weighted by molar-refractivity contribution is 9.10. The summed E-state index contributed by atoms with van der Waals surface area (Å²) >= 11 is 3.49. The van der Waals surface area contributed by atoms with Crippen molar-refractivity contribution in [3.63, 3.8) is 0 Å². The SMILES string of the molecule is Nc1c(C(=O)OCC2CCCO2)c2nc3ccccc3nc2n1-c1cccc(Br)c1. The van der Waals surface area contributed by atoms with Gasteiger partial charge in [-0.1, -0.05) is 34.1 Å². The standard InChI is InChI=1S/C22H19BrN4O3/c23-13-5-3-6-14(11-13)27-20(24)18(22(28)30-12-15-7-4-10-29-15)19-21(27)26-17-9-2-1-8-16(17)25-19/h1-3,5-6,8-9,11,15H,4,7,10,12,24H2. The molecule has 5 rings (SSSR count). The molecule has 0 bridgehead atoms. The monoisotopic (exact) mass is 466 g/mol. The van der Waals surface area contributed by atoms with E-state index in [1.807, 2.05) is 48.5 Å². The molecule has 152 valence electrons. The molecule has 0 radical (unpaired) electrons. The number of para-hydroxylation sites is 2. The Balaban J connectivity index is 1.67. The lowest BCUT2D eigenvalue weighted by atomic mass is 10.2. The van der Waals surface area contributed by atoms with Crippen LogP contribution in [0, 0.1) is 0 Å². The number of ether oxygens (including phenoxy) is 2. The molecule has 2 N–H and O–H groups in total. The topological polar surface area (TPSA) is 92.3 Å². The van der Waals surface area contributed by atoms with Crippen LogP contribution < -0.4 is 5.73 Å². The first-order valence-electron chi connectivity index (χ1n) is 9.73. The van der Waals surface area contributed by atoms with Gasteiger partial charge in [-0.15, -0.1) is 0 Å². The molecule has 1 aliphatic rings. The van der Waals surface area contributed by atoms with Crippen LogP contribution in [0.5, 0.6) is 0 Å². The maximum absolute atomic E-state index is 13.0. The predicted octanol–water partition coefficient (Wildman–Crippen LogP) is 4.25. The second kappa shape index (κ2) is 7.70. The number of fused-ring (bicyclic) bond motifs is 2. The van der Waals surface area contributed by atoms with Gasteiger partial charge >= 0.3 is 5.97 Å². The van der Waals surface area contributed by atoms with Gasteiger partial charge in [-0.05, 0) is 43.2 Å². The number of nitrogens with two attached hydrogens (primary N) is 1. The highest BCUT2D eigenvalue weighted by Crippen LogP contribution is 2.32. The van der Waals surface area contributed by atoms with E-state index in [9.17, 15) is 4.79 Å². The van der Waals surface area contributed by atoms with Crippen LogP contribution in [0.1, 0.15) is 23.2 Å². The van der Waals surface area contributed by atoms with Crippen molar-refractivity contribution >= 4 is 49.9 Å². The molecule has 0 saturated carbocycles. The van der Waals surface area contributed by atoms with Crippen molar-refractivity contribution in [2.24, 2.45) is 0 Å². The Kier molecular flexibility index (Phi) is 4.88. The number of nitrogens with zero attached hydrogens (tertiary/aromatic N) is 3. The van der Waals surface area contributed by atoms with Gasteiger partial charge in [-0.2, -0.15) is 0 Å². The Hall–Kier alpha value is -2.97. The van der Waals surface area contributed by atoms with E-state index in [-0.39, 0.29) is 24.1 Å². The molecule has 1 aliphatic heterocycles. The number of carbonyl (C=O) groups is 1. The van der Waals surface area contributed by atoms with Crippen LogP contribution in [0.15, 0.2) is 53.0 Å². The summed E-state index contributed by atoms with van der Waals surface area (Å²) in [7, 11) is 0. The zero-order valence-corrected chi connectivity index (χ0v) is 17.6. The number of anilines is 1. The minimum atomic E-state index is -0.522. The summed E-state index contributed by atoms with van der Waals surface area (Å²) in [6, 6.07) is 15.1. The van der Waals surface area contributed by atoms with Crippen LogP contribution in [0.4, 0.5) is 5.82 Å². The van der Waals surface area contributed by atoms with E-state index in [2.05, 4.69) is 15.9 Å². The lowest BCUT2D eigenvalue weighted by Crippen LogP contribution is -2.18. The van der Waals surface area contributed by atoms with Gasteiger partial charge in [0, 0.05) is 11.1 Å². The normalized spacial score (nSPS) is 16.4. The van der Waals surface area contributed by atoms with Crippen LogP contribution in [0.3, 0.4) is 0 Å². The molecule has 1 fully saturated rings. The molecule has 8 heteroatoms. The van der Waals surface area contributed by atoms with E-state index >= 15 is 0 Å². The predicted molar refractivity (Wildman–Crippen MR) is 118 cm³/mol. The lowest BCUT2D eigenvalue weighted by molar-refractivity contribution is 0.0163. The third-order valence-electron chi connectivity index (χ3n) is 5.19. The van der Waals surface area contributed by atoms with Crippen LogP contribution in [-0.4, -0.2) is 39.8 Å². The molecule has 0 spiro atoms. The molecular weight excluding hydrogens is 448 g/mol. The maximum Gasteiger partial charge on any atom is 0.344 e. The highest BCUT2D eigenvalue weighted by Gasteiger charge is 2.27. The summed E-state index contributed by atoms with van der Waals surface area (Å²) in [6.07, 6.45) is 1.79. The Morgan fingerprint density at radius 1 is 1.20 bits per heavy atom. The summed E-state index contributed by atoms with van der Waals surface area (Å²) in [5.41, 5.74) is 9.81. The number of halogens is 1. The van der Waals surface area contributed by atoms with Crippen LogP contribution in [0.2, 0.25) is 0 Å². The number of hydrogen-bond donors (Lipinski definition) is 1. The van der Waals surface area contributed by atoms with Crippen molar-refractivity contribution < 1.29 is 14.3 Å². The Bertz CT molecular complexity index is 1260. The highest BCUT2D eigenvalue weighted by atomic mass is 79.9. The number of aromatic nitrogens is 3. The van der Waals surface area contributed by atoms with Crippen molar-refractivity contribution in [1.82, 2.24) is 14.5 Å². The number of hydrogen-bond acceptors (Lipinski definition) is 6. The van der Waals surface area contributed by atoms with E-state index in [0.29, 0.717) is 23.3 Å². The minimum absolute atomic E-state index is 0.0690. The molecular formula is C22H19BrN4O3. The van der Waals surface area contributed by atoms with E-state index in [0.717, 1.165) is 28.5 Å². The summed E-state index contributed by atoms with van der Waals surface area (Å²) in [6.45, 7) is 0.896. The summed E-state index contributed by atoms with van der Waals surface area (Å²) in [4.78, 5) is 22.5. The summed E-state index contributed by atoms with van der Waals surface area (Å²) in [5, 5.41) is 0. The molecule has 0 amide bonds. The molecule has 2 aromatic heterocycles. The van der Waals surface area contributed by atoms with Gasteiger partial charge in [0.2, 0.25) is 0 Å². The van der Waals surface area contributed by atoms with Gasteiger partial charge in [-0.3, -0.25) is 4.57 Å². The number of nitrogen functional groups attached to an aromatic ring is 1. The number of esters is 1. The summed E-state index contributed by atoms with van der Waals surface area (Å²) < 4.78 is 13.7. The van der Waals surface area contributed by atoms with Crippen LogP contribution in [0.25, 0.3) is 27.9 Å². The quantitative estimate of drug-likeness (QED) is 0.451. The zero-order chi connectivity index (χ0) is 20.7. The third-order valence-corrected chi connectivity index (χ3v) is 5.69. The van der Waals surface area contributed by atoms with Gasteiger partial charge in [-0.25, -0.2) is 14.8 Å². The van der Waals surface area contributed by atoms with E-state index in [4.69, 9.17) is 25.2 Å². The Labute approximate surface area is 180 Å². The van der Waals surface area contributed by atoms with Gasteiger partial charge in [0.05, 0.1) is 22.8 Å². The second-order valence-corrected chi connectivity index (χ2v) is 8.11. The summed E-state index contributed by atoms with van der Waals surface area (Å²) in [5.74, 6) is -0.276. The number of carbonyl (C=O) groups excluding carboxylic acids is 1. The average Bonchev–Trinajstić information content (AvgIpc) is 3.35. The van der Waals surface area contributed by atoms with Crippen LogP contribution in [-0.2, 0) is 9.47 Å². The molecule has 3 heterocycles. The zero-order valence-electron chi connectivity index (χ0n) is 16.0. The van der Waals surface area contributed by atoms with Gasteiger partial charge in [0.15, 0.2) is 5.65 Å². The maximum atomic E-state index is 13.0. The van der Waals surface area contributed by atoms with Crippen molar-refractivity contribution in [3.05, 3.63) is 58.6 Å². The van der Waals surface area contributed by atoms with E-state index in [1.165, 1.54) is 0 Å². The molecule has 1 atom stereocenters. The molecule has 0 aliphatic carbocycles. The Morgan fingerprint density at radius 3 is 2.73 bits per heavy atom.